The number of hydrogen-bond donors (Lipinski definition) is 1. The third kappa shape index (κ3) is 2.81. The predicted octanol–water partition coefficient (Wildman–Crippen LogP) is 7.55. The Balaban J connectivity index is 1.73. The highest BCUT2D eigenvalue weighted by Crippen LogP contribution is 2.36. The molecule has 0 aliphatic heterocycles. The summed E-state index contributed by atoms with van der Waals surface area (Å²) >= 11 is 0. The summed E-state index contributed by atoms with van der Waals surface area (Å²) in [6.45, 7) is 8.49. The predicted molar refractivity (Wildman–Crippen MR) is 135 cm³/mol. The SMILES string of the molecule is Cc1ccc2ccc3cc4ccc5cc6cc(C(C)(C)C)cc(O)c6nc5c4cc3c2n1. The van der Waals surface area contributed by atoms with Gasteiger partial charge in [-0.1, -0.05) is 51.1 Å². The van der Waals surface area contributed by atoms with E-state index in [9.17, 15) is 5.11 Å². The lowest BCUT2D eigenvalue weighted by atomic mass is 9.86. The first-order valence-corrected chi connectivity index (χ1v) is 11.0. The second-order valence-corrected chi connectivity index (χ2v) is 9.83. The van der Waals surface area contributed by atoms with E-state index in [0.717, 1.165) is 54.6 Å². The summed E-state index contributed by atoms with van der Waals surface area (Å²) in [6.07, 6.45) is 0. The second-order valence-electron chi connectivity index (χ2n) is 9.83. The molecule has 2 heterocycles. The summed E-state index contributed by atoms with van der Waals surface area (Å²) in [5.74, 6) is 0.231. The molecule has 32 heavy (non-hydrogen) atoms. The monoisotopic (exact) mass is 416 g/mol. The first kappa shape index (κ1) is 19.0. The molecule has 3 heteroatoms. The molecular formula is C29H24N2O. The quantitative estimate of drug-likeness (QED) is 0.205. The van der Waals surface area contributed by atoms with Crippen LogP contribution in [0, 0.1) is 6.92 Å². The van der Waals surface area contributed by atoms with Crippen molar-refractivity contribution < 1.29 is 5.11 Å². The Morgan fingerprint density at radius 3 is 1.91 bits per heavy atom. The number of rotatable bonds is 0. The van der Waals surface area contributed by atoms with Gasteiger partial charge in [-0.15, -0.1) is 0 Å². The van der Waals surface area contributed by atoms with E-state index in [1.54, 1.807) is 0 Å². The highest BCUT2D eigenvalue weighted by molar-refractivity contribution is 6.16. The first-order chi connectivity index (χ1) is 15.3. The van der Waals surface area contributed by atoms with Crippen LogP contribution in [-0.2, 0) is 5.41 Å². The molecule has 6 aromatic rings. The highest BCUT2D eigenvalue weighted by atomic mass is 16.3. The fourth-order valence-electron chi connectivity index (χ4n) is 4.66. The largest absolute Gasteiger partial charge is 0.506 e. The van der Waals surface area contributed by atoms with Gasteiger partial charge < -0.3 is 5.11 Å². The highest BCUT2D eigenvalue weighted by Gasteiger charge is 2.17. The number of aromatic nitrogens is 2. The van der Waals surface area contributed by atoms with Crippen molar-refractivity contribution in [1.29, 1.82) is 0 Å². The fourth-order valence-corrected chi connectivity index (χ4v) is 4.66. The van der Waals surface area contributed by atoms with Crippen molar-refractivity contribution in [2.24, 2.45) is 0 Å². The molecule has 0 aliphatic carbocycles. The Morgan fingerprint density at radius 2 is 1.19 bits per heavy atom. The van der Waals surface area contributed by atoms with Gasteiger partial charge in [0.25, 0.3) is 0 Å². The normalized spacial score (nSPS) is 12.5. The van der Waals surface area contributed by atoms with Crippen molar-refractivity contribution in [2.75, 3.05) is 0 Å². The Bertz CT molecular complexity index is 1730. The lowest BCUT2D eigenvalue weighted by molar-refractivity contribution is 0.476. The Kier molecular flexibility index (Phi) is 3.80. The minimum Gasteiger partial charge on any atom is -0.506 e. The number of aromatic hydroxyl groups is 1. The van der Waals surface area contributed by atoms with E-state index in [-0.39, 0.29) is 11.2 Å². The molecule has 3 nitrogen and oxygen atoms in total. The number of phenols is 1. The molecule has 0 unspecified atom stereocenters. The fraction of sp³-hybridized carbons (Fsp3) is 0.172. The van der Waals surface area contributed by atoms with Crippen molar-refractivity contribution in [3.63, 3.8) is 0 Å². The molecule has 0 amide bonds. The first-order valence-electron chi connectivity index (χ1n) is 11.0. The number of phenolic OH excluding ortho intramolecular Hbond substituents is 1. The maximum absolute atomic E-state index is 10.8. The number of benzene rings is 4. The number of aryl methyl sites for hydroxylation is 1. The van der Waals surface area contributed by atoms with E-state index in [2.05, 4.69) is 75.4 Å². The van der Waals surface area contributed by atoms with E-state index in [1.165, 1.54) is 5.39 Å². The van der Waals surface area contributed by atoms with Gasteiger partial charge in [0.05, 0.1) is 11.0 Å². The summed E-state index contributed by atoms with van der Waals surface area (Å²) in [5, 5.41) is 18.5. The van der Waals surface area contributed by atoms with Crippen LogP contribution < -0.4 is 0 Å². The number of pyridine rings is 2. The zero-order valence-corrected chi connectivity index (χ0v) is 18.7. The molecule has 0 saturated heterocycles. The summed E-state index contributed by atoms with van der Waals surface area (Å²) in [5.41, 5.74) is 4.62. The second kappa shape index (κ2) is 6.39. The van der Waals surface area contributed by atoms with Crippen molar-refractivity contribution in [3.05, 3.63) is 78.0 Å². The third-order valence-electron chi connectivity index (χ3n) is 6.48. The molecule has 2 aromatic heterocycles. The van der Waals surface area contributed by atoms with Crippen LogP contribution in [0.5, 0.6) is 5.75 Å². The summed E-state index contributed by atoms with van der Waals surface area (Å²) in [6, 6.07) is 23.3. The average molecular weight is 417 g/mol. The lowest BCUT2D eigenvalue weighted by Crippen LogP contribution is -2.10. The minimum absolute atomic E-state index is 0.0465. The van der Waals surface area contributed by atoms with Gasteiger partial charge in [-0.2, -0.15) is 0 Å². The molecule has 0 aliphatic rings. The molecule has 0 saturated carbocycles. The van der Waals surface area contributed by atoms with Crippen LogP contribution in [0.4, 0.5) is 0 Å². The van der Waals surface area contributed by atoms with Gasteiger partial charge in [0, 0.05) is 32.6 Å². The van der Waals surface area contributed by atoms with Gasteiger partial charge in [-0.05, 0) is 65.1 Å². The number of nitrogens with zero attached hydrogens (tertiary/aromatic N) is 2. The maximum atomic E-state index is 10.8. The molecule has 0 fully saturated rings. The van der Waals surface area contributed by atoms with Crippen LogP contribution in [0.1, 0.15) is 32.0 Å². The molecule has 156 valence electrons. The van der Waals surface area contributed by atoms with Crippen molar-refractivity contribution in [2.45, 2.75) is 33.1 Å². The van der Waals surface area contributed by atoms with E-state index >= 15 is 0 Å². The average Bonchev–Trinajstić information content (AvgIpc) is 2.76. The number of fused-ring (bicyclic) bond motifs is 7. The molecule has 4 aromatic carbocycles. The molecule has 0 spiro atoms. The van der Waals surface area contributed by atoms with Crippen LogP contribution in [0.3, 0.4) is 0 Å². The van der Waals surface area contributed by atoms with Crippen LogP contribution in [0.2, 0.25) is 0 Å². The van der Waals surface area contributed by atoms with Crippen LogP contribution in [0.25, 0.3) is 54.3 Å². The summed E-state index contributed by atoms with van der Waals surface area (Å²) in [4.78, 5) is 9.79. The Hall–Kier alpha value is -3.72. The zero-order valence-electron chi connectivity index (χ0n) is 18.7. The minimum atomic E-state index is -0.0465. The molecule has 1 N–H and O–H groups in total. The molecule has 0 radical (unpaired) electrons. The standard InChI is InChI=1S/C29H24N2O/c1-16-5-6-17-7-8-18-11-19-9-10-20-12-21-13-22(29(2,3)4)14-25(32)28(21)31-27(20)24(19)15-23(18)26(17)30-16/h5-15,32H,1-4H3. The third-order valence-corrected chi connectivity index (χ3v) is 6.48. The van der Waals surface area contributed by atoms with E-state index in [1.807, 2.05) is 19.1 Å². The van der Waals surface area contributed by atoms with Crippen LogP contribution in [0.15, 0.2) is 66.7 Å². The molecular weight excluding hydrogens is 392 g/mol. The molecule has 6 rings (SSSR count). The number of hydrogen-bond acceptors (Lipinski definition) is 3. The Labute approximate surface area is 186 Å². The van der Waals surface area contributed by atoms with Crippen molar-refractivity contribution >= 4 is 54.3 Å². The molecule has 0 atom stereocenters. The van der Waals surface area contributed by atoms with Gasteiger partial charge in [-0.3, -0.25) is 4.98 Å². The topological polar surface area (TPSA) is 46.0 Å². The summed E-state index contributed by atoms with van der Waals surface area (Å²) in [7, 11) is 0. The molecule has 0 bridgehead atoms. The lowest BCUT2D eigenvalue weighted by Gasteiger charge is -2.20. The van der Waals surface area contributed by atoms with Gasteiger partial charge in [0.15, 0.2) is 0 Å². The zero-order chi connectivity index (χ0) is 22.2. The van der Waals surface area contributed by atoms with E-state index in [0.29, 0.717) is 5.52 Å². The summed E-state index contributed by atoms with van der Waals surface area (Å²) < 4.78 is 0. The van der Waals surface area contributed by atoms with Crippen LogP contribution in [-0.4, -0.2) is 15.1 Å². The van der Waals surface area contributed by atoms with Crippen molar-refractivity contribution in [1.82, 2.24) is 9.97 Å². The maximum Gasteiger partial charge on any atom is 0.142 e. The van der Waals surface area contributed by atoms with Gasteiger partial charge >= 0.3 is 0 Å². The van der Waals surface area contributed by atoms with Crippen LogP contribution >= 0.6 is 0 Å². The smallest absolute Gasteiger partial charge is 0.142 e. The van der Waals surface area contributed by atoms with Gasteiger partial charge in [-0.25, -0.2) is 4.98 Å². The van der Waals surface area contributed by atoms with Crippen molar-refractivity contribution in [3.8, 4) is 5.75 Å². The van der Waals surface area contributed by atoms with E-state index in [4.69, 9.17) is 9.97 Å². The van der Waals surface area contributed by atoms with Gasteiger partial charge in [0.2, 0.25) is 0 Å². The van der Waals surface area contributed by atoms with E-state index < -0.39 is 0 Å². The Morgan fingerprint density at radius 1 is 0.594 bits per heavy atom. The van der Waals surface area contributed by atoms with Gasteiger partial charge in [0.1, 0.15) is 11.3 Å².